The predicted octanol–water partition coefficient (Wildman–Crippen LogP) is 3.61. The molecule has 28 heavy (non-hydrogen) atoms. The van der Waals surface area contributed by atoms with Gasteiger partial charge in [0.2, 0.25) is 5.91 Å². The summed E-state index contributed by atoms with van der Waals surface area (Å²) in [5.41, 5.74) is 2.29. The number of likely N-dealkylation sites (tertiary alicyclic amines) is 2. The van der Waals surface area contributed by atoms with E-state index in [4.69, 9.17) is 11.6 Å². The van der Waals surface area contributed by atoms with E-state index < -0.39 is 0 Å². The van der Waals surface area contributed by atoms with Crippen LogP contribution in [0.15, 0.2) is 36.5 Å². The number of carbonyl (C=O) groups is 1. The Morgan fingerprint density at radius 1 is 1.07 bits per heavy atom. The van der Waals surface area contributed by atoms with Gasteiger partial charge in [0, 0.05) is 37.4 Å². The fourth-order valence-electron chi connectivity index (χ4n) is 4.65. The normalized spacial score (nSPS) is 21.4. The molecule has 5 nitrogen and oxygen atoms in total. The summed E-state index contributed by atoms with van der Waals surface area (Å²) in [6.07, 6.45) is 5.42. The molecule has 2 saturated heterocycles. The molecule has 0 bridgehead atoms. The summed E-state index contributed by atoms with van der Waals surface area (Å²) in [6, 6.07) is 10.1. The van der Waals surface area contributed by atoms with Gasteiger partial charge in [0.25, 0.3) is 0 Å². The van der Waals surface area contributed by atoms with E-state index in [9.17, 15) is 4.79 Å². The lowest BCUT2D eigenvalue weighted by Crippen LogP contribution is -2.42. The zero-order valence-electron chi connectivity index (χ0n) is 16.6. The van der Waals surface area contributed by atoms with Crippen molar-refractivity contribution in [3.63, 3.8) is 0 Å². The topological polar surface area (TPSA) is 41.4 Å². The summed E-state index contributed by atoms with van der Waals surface area (Å²) >= 11 is 5.99. The summed E-state index contributed by atoms with van der Waals surface area (Å²) in [5, 5.41) is 5.13. The van der Waals surface area contributed by atoms with Crippen LogP contribution in [0.2, 0.25) is 5.02 Å². The highest BCUT2D eigenvalue weighted by molar-refractivity contribution is 6.30. The lowest BCUT2D eigenvalue weighted by molar-refractivity contribution is -0.133. The fourth-order valence-corrected chi connectivity index (χ4v) is 4.78. The van der Waals surface area contributed by atoms with Crippen LogP contribution in [0.25, 0.3) is 0 Å². The van der Waals surface area contributed by atoms with Gasteiger partial charge in [-0.15, -0.1) is 0 Å². The van der Waals surface area contributed by atoms with Crippen molar-refractivity contribution in [2.75, 3.05) is 26.2 Å². The van der Waals surface area contributed by atoms with Gasteiger partial charge in [-0.3, -0.25) is 14.4 Å². The van der Waals surface area contributed by atoms with Crippen molar-refractivity contribution >= 4 is 17.5 Å². The smallest absolute Gasteiger partial charge is 0.244 e. The van der Waals surface area contributed by atoms with Crippen LogP contribution >= 0.6 is 11.6 Å². The molecule has 2 aromatic rings. The highest BCUT2D eigenvalue weighted by atomic mass is 35.5. The quantitative estimate of drug-likeness (QED) is 0.769. The van der Waals surface area contributed by atoms with Crippen LogP contribution in [0.4, 0.5) is 0 Å². The van der Waals surface area contributed by atoms with Crippen molar-refractivity contribution in [1.82, 2.24) is 19.6 Å². The number of aryl methyl sites for hydroxylation is 1. The van der Waals surface area contributed by atoms with Crippen molar-refractivity contribution in [3.8, 4) is 0 Å². The number of hydrogen-bond acceptors (Lipinski definition) is 3. The molecule has 3 heterocycles. The molecule has 0 spiro atoms. The number of rotatable bonds is 5. The molecule has 1 aromatic heterocycles. The van der Waals surface area contributed by atoms with Crippen LogP contribution in [0, 0.1) is 18.8 Å². The molecule has 2 aliphatic heterocycles. The Balaban J connectivity index is 1.23. The summed E-state index contributed by atoms with van der Waals surface area (Å²) in [4.78, 5) is 17.1. The van der Waals surface area contributed by atoms with Gasteiger partial charge in [-0.25, -0.2) is 0 Å². The number of halogens is 1. The molecular weight excluding hydrogens is 372 g/mol. The summed E-state index contributed by atoms with van der Waals surface area (Å²) in [6.45, 7) is 7.43. The van der Waals surface area contributed by atoms with Crippen LogP contribution < -0.4 is 0 Å². The van der Waals surface area contributed by atoms with Crippen LogP contribution in [0.3, 0.4) is 0 Å². The maximum Gasteiger partial charge on any atom is 0.244 e. The molecule has 150 valence electrons. The largest absolute Gasteiger partial charge is 0.341 e. The SMILES string of the molecule is Cc1ccn(CC(=O)N2CCC([C@@H]3CCN(Cc4ccc(Cl)cc4)C3)CC2)n1. The lowest BCUT2D eigenvalue weighted by atomic mass is 9.84. The van der Waals surface area contributed by atoms with E-state index in [1.54, 1.807) is 4.68 Å². The van der Waals surface area contributed by atoms with Gasteiger partial charge in [0.1, 0.15) is 6.54 Å². The first kappa shape index (κ1) is 19.5. The maximum atomic E-state index is 12.5. The average Bonchev–Trinajstić information content (AvgIpc) is 3.33. The summed E-state index contributed by atoms with van der Waals surface area (Å²) in [7, 11) is 0. The molecular formula is C22H29ClN4O. The molecule has 2 fully saturated rings. The minimum atomic E-state index is 0.192. The maximum absolute atomic E-state index is 12.5. The summed E-state index contributed by atoms with van der Waals surface area (Å²) < 4.78 is 1.75. The van der Waals surface area contributed by atoms with E-state index in [1.165, 1.54) is 25.1 Å². The Morgan fingerprint density at radius 2 is 1.79 bits per heavy atom. The van der Waals surface area contributed by atoms with Gasteiger partial charge in [-0.1, -0.05) is 23.7 Å². The van der Waals surface area contributed by atoms with Gasteiger partial charge in [-0.05, 0) is 68.3 Å². The molecule has 0 N–H and O–H groups in total. The number of aromatic nitrogens is 2. The molecule has 1 aromatic carbocycles. The fraction of sp³-hybridized carbons (Fsp3) is 0.545. The van der Waals surface area contributed by atoms with Crippen molar-refractivity contribution in [1.29, 1.82) is 0 Å². The standard InChI is InChI=1S/C22H29ClN4O/c1-17-6-13-27(24-17)16-22(28)26-11-8-19(9-12-26)20-7-10-25(15-20)14-18-2-4-21(23)5-3-18/h2-6,13,19-20H,7-12,14-16H2,1H3/t20-/m1/s1. The third kappa shape index (κ3) is 4.76. The van der Waals surface area contributed by atoms with Gasteiger partial charge in [-0.2, -0.15) is 5.10 Å². The number of carbonyl (C=O) groups excluding carboxylic acids is 1. The van der Waals surface area contributed by atoms with E-state index in [0.29, 0.717) is 6.54 Å². The number of amides is 1. The molecule has 0 saturated carbocycles. The number of benzene rings is 1. The molecule has 4 rings (SSSR count). The van der Waals surface area contributed by atoms with Crippen LogP contribution in [0.5, 0.6) is 0 Å². The first-order valence-corrected chi connectivity index (χ1v) is 10.7. The van der Waals surface area contributed by atoms with Gasteiger partial charge in [0.05, 0.1) is 5.69 Å². The second kappa shape index (κ2) is 8.66. The van der Waals surface area contributed by atoms with Crippen LogP contribution in [-0.4, -0.2) is 51.7 Å². The zero-order chi connectivity index (χ0) is 19.5. The Kier molecular flexibility index (Phi) is 6.02. The molecule has 2 aliphatic rings. The first-order valence-electron chi connectivity index (χ1n) is 10.3. The number of piperidine rings is 1. The van der Waals surface area contributed by atoms with E-state index in [1.807, 2.05) is 36.2 Å². The first-order chi connectivity index (χ1) is 13.6. The molecule has 0 radical (unpaired) electrons. The molecule has 0 unspecified atom stereocenters. The highest BCUT2D eigenvalue weighted by Crippen LogP contribution is 2.32. The third-order valence-corrected chi connectivity index (χ3v) is 6.51. The molecule has 0 aliphatic carbocycles. The van der Waals surface area contributed by atoms with Gasteiger partial charge >= 0.3 is 0 Å². The monoisotopic (exact) mass is 400 g/mol. The molecule has 1 atom stereocenters. The van der Waals surface area contributed by atoms with Crippen molar-refractivity contribution in [2.24, 2.45) is 11.8 Å². The van der Waals surface area contributed by atoms with Gasteiger partial charge in [0.15, 0.2) is 0 Å². The van der Waals surface area contributed by atoms with E-state index >= 15 is 0 Å². The van der Waals surface area contributed by atoms with E-state index in [0.717, 1.165) is 55.0 Å². The van der Waals surface area contributed by atoms with Gasteiger partial charge < -0.3 is 4.90 Å². The Morgan fingerprint density at radius 3 is 2.46 bits per heavy atom. The summed E-state index contributed by atoms with van der Waals surface area (Å²) in [5.74, 6) is 1.70. The average molecular weight is 401 g/mol. The highest BCUT2D eigenvalue weighted by Gasteiger charge is 2.32. The van der Waals surface area contributed by atoms with E-state index in [2.05, 4.69) is 22.1 Å². The lowest BCUT2D eigenvalue weighted by Gasteiger charge is -2.35. The van der Waals surface area contributed by atoms with Crippen molar-refractivity contribution < 1.29 is 4.79 Å². The Bertz CT molecular complexity index is 795. The van der Waals surface area contributed by atoms with Crippen LogP contribution in [0.1, 0.15) is 30.5 Å². The Labute approximate surface area is 172 Å². The third-order valence-electron chi connectivity index (χ3n) is 6.26. The van der Waals surface area contributed by atoms with Crippen LogP contribution in [-0.2, 0) is 17.9 Å². The van der Waals surface area contributed by atoms with Crippen molar-refractivity contribution in [2.45, 2.75) is 39.3 Å². The second-order valence-corrected chi connectivity index (χ2v) is 8.72. The second-order valence-electron chi connectivity index (χ2n) is 8.28. The molecule has 6 heteroatoms. The zero-order valence-corrected chi connectivity index (χ0v) is 17.3. The van der Waals surface area contributed by atoms with E-state index in [-0.39, 0.29) is 5.91 Å². The minimum Gasteiger partial charge on any atom is -0.341 e. The predicted molar refractivity (Wildman–Crippen MR) is 111 cm³/mol. The number of hydrogen-bond donors (Lipinski definition) is 0. The minimum absolute atomic E-state index is 0.192. The Hall–Kier alpha value is -1.85. The number of nitrogens with zero attached hydrogens (tertiary/aromatic N) is 4. The molecule has 1 amide bonds. The van der Waals surface area contributed by atoms with Crippen molar-refractivity contribution in [3.05, 3.63) is 52.8 Å².